The van der Waals surface area contributed by atoms with Crippen LogP contribution < -0.4 is 0 Å². The number of benzene rings is 2. The average molecular weight is 363 g/mol. The summed E-state index contributed by atoms with van der Waals surface area (Å²) in [7, 11) is 0. The number of esters is 1. The molecule has 0 saturated heterocycles. The maximum atomic E-state index is 13.2. The van der Waals surface area contributed by atoms with Gasteiger partial charge < -0.3 is 4.74 Å². The number of ether oxygens (including phenoxy) is 1. The summed E-state index contributed by atoms with van der Waals surface area (Å²) in [5.41, 5.74) is 4.30. The van der Waals surface area contributed by atoms with Crippen molar-refractivity contribution in [2.24, 2.45) is 0 Å². The zero-order valence-electron chi connectivity index (χ0n) is 15.4. The molecular weight excluding hydrogens is 341 g/mol. The number of halogens is 1. The summed E-state index contributed by atoms with van der Waals surface area (Å²) in [5.74, 6) is -0.633. The molecule has 0 aliphatic heterocycles. The number of hydrogen-bond acceptors (Lipinski definition) is 3. The number of nitrogens with zero attached hydrogens (tertiary/aromatic N) is 1. The Morgan fingerprint density at radius 2 is 1.78 bits per heavy atom. The molecule has 1 atom stereocenters. The number of carbonyl (C=O) groups is 1. The molecule has 27 heavy (non-hydrogen) atoms. The van der Waals surface area contributed by atoms with Crippen molar-refractivity contribution < 1.29 is 13.9 Å². The van der Waals surface area contributed by atoms with Crippen LogP contribution >= 0.6 is 0 Å². The van der Waals surface area contributed by atoms with E-state index in [2.05, 4.69) is 0 Å². The van der Waals surface area contributed by atoms with Crippen LogP contribution in [-0.4, -0.2) is 11.0 Å². The second-order valence-corrected chi connectivity index (χ2v) is 7.09. The van der Waals surface area contributed by atoms with Crippen molar-refractivity contribution in [3.05, 3.63) is 76.7 Å². The smallest absolute Gasteiger partial charge is 0.339 e. The van der Waals surface area contributed by atoms with Crippen LogP contribution in [0.25, 0.3) is 10.9 Å². The maximum Gasteiger partial charge on any atom is 0.339 e. The number of aromatic nitrogens is 1. The minimum Gasteiger partial charge on any atom is -0.454 e. The Morgan fingerprint density at radius 1 is 1.04 bits per heavy atom. The number of carbonyl (C=O) groups excluding carboxylic acids is 1. The molecule has 1 aliphatic carbocycles. The quantitative estimate of drug-likeness (QED) is 0.452. The summed E-state index contributed by atoms with van der Waals surface area (Å²) in [5, 5.41) is 0.842. The van der Waals surface area contributed by atoms with Gasteiger partial charge in [0.25, 0.3) is 0 Å². The highest BCUT2D eigenvalue weighted by Crippen LogP contribution is 2.30. The van der Waals surface area contributed by atoms with Crippen molar-refractivity contribution in [3.8, 4) is 0 Å². The van der Waals surface area contributed by atoms with Gasteiger partial charge in [-0.1, -0.05) is 36.8 Å². The average Bonchev–Trinajstić information content (AvgIpc) is 2.91. The third-order valence-electron chi connectivity index (χ3n) is 5.25. The number of para-hydroxylation sites is 1. The molecule has 3 nitrogen and oxygen atoms in total. The van der Waals surface area contributed by atoms with Gasteiger partial charge in [-0.25, -0.2) is 9.18 Å². The Bertz CT molecular complexity index is 982. The van der Waals surface area contributed by atoms with Crippen LogP contribution in [0.15, 0.2) is 48.5 Å². The van der Waals surface area contributed by atoms with Crippen LogP contribution in [-0.2, 0) is 17.6 Å². The summed E-state index contributed by atoms with van der Waals surface area (Å²) >= 11 is 0. The van der Waals surface area contributed by atoms with Gasteiger partial charge in [0, 0.05) is 11.1 Å². The zero-order chi connectivity index (χ0) is 18.8. The van der Waals surface area contributed by atoms with E-state index in [4.69, 9.17) is 9.72 Å². The van der Waals surface area contributed by atoms with Gasteiger partial charge >= 0.3 is 5.97 Å². The van der Waals surface area contributed by atoms with E-state index in [-0.39, 0.29) is 11.8 Å². The first-order chi connectivity index (χ1) is 13.1. The summed E-state index contributed by atoms with van der Waals surface area (Å²) < 4.78 is 19.0. The topological polar surface area (TPSA) is 39.2 Å². The monoisotopic (exact) mass is 363 g/mol. The fourth-order valence-corrected chi connectivity index (χ4v) is 3.80. The van der Waals surface area contributed by atoms with Crippen molar-refractivity contribution in [2.75, 3.05) is 0 Å². The lowest BCUT2D eigenvalue weighted by Gasteiger charge is -2.18. The molecule has 138 valence electrons. The van der Waals surface area contributed by atoms with E-state index >= 15 is 0 Å². The molecule has 4 rings (SSSR count). The highest BCUT2D eigenvalue weighted by molar-refractivity contribution is 6.05. The molecule has 0 radical (unpaired) electrons. The molecule has 0 fully saturated rings. The van der Waals surface area contributed by atoms with Crippen LogP contribution in [0.2, 0.25) is 0 Å². The lowest BCUT2D eigenvalue weighted by atomic mass is 9.97. The molecule has 4 heteroatoms. The van der Waals surface area contributed by atoms with Crippen molar-refractivity contribution in [1.29, 1.82) is 0 Å². The predicted molar refractivity (Wildman–Crippen MR) is 103 cm³/mol. The molecule has 1 aliphatic rings. The summed E-state index contributed by atoms with van der Waals surface area (Å²) in [6, 6.07) is 13.8. The van der Waals surface area contributed by atoms with E-state index in [0.717, 1.165) is 59.8 Å². The lowest BCUT2D eigenvalue weighted by Crippen LogP contribution is -2.14. The van der Waals surface area contributed by atoms with Gasteiger partial charge in [-0.05, 0) is 61.9 Å². The molecule has 0 saturated carbocycles. The van der Waals surface area contributed by atoms with Gasteiger partial charge in [0.05, 0.1) is 11.1 Å². The lowest BCUT2D eigenvalue weighted by molar-refractivity contribution is 0.0338. The maximum absolute atomic E-state index is 13.2. The third-order valence-corrected chi connectivity index (χ3v) is 5.25. The van der Waals surface area contributed by atoms with Crippen molar-refractivity contribution in [1.82, 2.24) is 4.98 Å². The molecule has 1 aromatic heterocycles. The van der Waals surface area contributed by atoms with Gasteiger partial charge in [0.1, 0.15) is 11.9 Å². The predicted octanol–water partition coefficient (Wildman–Crippen LogP) is 5.56. The summed E-state index contributed by atoms with van der Waals surface area (Å²) in [6.45, 7) is 1.81. The molecule has 2 aromatic carbocycles. The Labute approximate surface area is 158 Å². The summed E-state index contributed by atoms with van der Waals surface area (Å²) in [4.78, 5) is 18.0. The van der Waals surface area contributed by atoms with Gasteiger partial charge in [0.15, 0.2) is 0 Å². The van der Waals surface area contributed by atoms with E-state index in [1.165, 1.54) is 12.1 Å². The van der Waals surface area contributed by atoms with Crippen LogP contribution in [0.1, 0.15) is 59.5 Å². The molecule has 0 N–H and O–H groups in total. The SMILES string of the molecule is C[C@@H](OC(=O)c1c2c(nc3ccccc13)CCCCC2)c1ccc(F)cc1. The van der Waals surface area contributed by atoms with E-state index < -0.39 is 6.10 Å². The number of aryl methyl sites for hydroxylation is 1. The van der Waals surface area contributed by atoms with Gasteiger partial charge in [0.2, 0.25) is 0 Å². The van der Waals surface area contributed by atoms with Crippen LogP contribution in [0.5, 0.6) is 0 Å². The number of fused-ring (bicyclic) bond motifs is 2. The normalized spacial score (nSPS) is 15.0. The Balaban J connectivity index is 1.74. The Hall–Kier alpha value is -2.75. The van der Waals surface area contributed by atoms with Gasteiger partial charge in [-0.15, -0.1) is 0 Å². The number of hydrogen-bond donors (Lipinski definition) is 0. The minimum absolute atomic E-state index is 0.303. The van der Waals surface area contributed by atoms with E-state index in [0.29, 0.717) is 5.56 Å². The molecule has 0 unspecified atom stereocenters. The first-order valence-corrected chi connectivity index (χ1v) is 9.50. The number of rotatable bonds is 3. The van der Waals surface area contributed by atoms with Crippen LogP contribution in [0.3, 0.4) is 0 Å². The van der Waals surface area contributed by atoms with Crippen molar-refractivity contribution in [2.45, 2.75) is 45.1 Å². The molecule has 3 aromatic rings. The first kappa shape index (κ1) is 17.7. The van der Waals surface area contributed by atoms with Gasteiger partial charge in [-0.2, -0.15) is 0 Å². The van der Waals surface area contributed by atoms with Crippen molar-refractivity contribution >= 4 is 16.9 Å². The highest BCUT2D eigenvalue weighted by Gasteiger charge is 2.24. The zero-order valence-corrected chi connectivity index (χ0v) is 15.4. The molecule has 0 bridgehead atoms. The minimum atomic E-state index is -0.452. The third kappa shape index (κ3) is 3.57. The fourth-order valence-electron chi connectivity index (χ4n) is 3.80. The van der Waals surface area contributed by atoms with E-state index in [1.54, 1.807) is 12.1 Å². The van der Waals surface area contributed by atoms with E-state index in [1.807, 2.05) is 31.2 Å². The van der Waals surface area contributed by atoms with E-state index in [9.17, 15) is 9.18 Å². The Kier molecular flexibility index (Phi) is 4.88. The molecule has 0 spiro atoms. The molecular formula is C23H22FNO2. The molecule has 1 heterocycles. The standard InChI is InChI=1S/C23H22FNO2/c1-15(16-11-13-17(24)14-12-16)27-23(26)22-18-7-3-2-4-9-20(18)25-21-10-6-5-8-19(21)22/h5-6,8,10-15H,2-4,7,9H2,1H3/t15-/m1/s1. The molecule has 0 amide bonds. The first-order valence-electron chi connectivity index (χ1n) is 9.50. The second-order valence-electron chi connectivity index (χ2n) is 7.09. The van der Waals surface area contributed by atoms with Crippen molar-refractivity contribution in [3.63, 3.8) is 0 Å². The number of pyridine rings is 1. The van der Waals surface area contributed by atoms with Gasteiger partial charge in [-0.3, -0.25) is 4.98 Å². The second kappa shape index (κ2) is 7.47. The largest absolute Gasteiger partial charge is 0.454 e. The highest BCUT2D eigenvalue weighted by atomic mass is 19.1. The Morgan fingerprint density at radius 3 is 2.59 bits per heavy atom. The van der Waals surface area contributed by atoms with Crippen LogP contribution in [0.4, 0.5) is 4.39 Å². The van der Waals surface area contributed by atoms with Crippen LogP contribution in [0, 0.1) is 5.82 Å². The fraction of sp³-hybridized carbons (Fsp3) is 0.304. The summed E-state index contributed by atoms with van der Waals surface area (Å²) in [6.07, 6.45) is 4.59.